The van der Waals surface area contributed by atoms with Gasteiger partial charge in [-0.15, -0.1) is 0 Å². The molecule has 2 aromatic rings. The first-order valence-electron chi connectivity index (χ1n) is 7.33. The van der Waals surface area contributed by atoms with Gasteiger partial charge in [-0.1, -0.05) is 18.2 Å². The van der Waals surface area contributed by atoms with Crippen molar-refractivity contribution >= 4 is 17.8 Å². The monoisotopic (exact) mass is 343 g/mol. The first-order valence-corrected chi connectivity index (χ1v) is 7.33. The summed E-state index contributed by atoms with van der Waals surface area (Å²) < 4.78 is 10.3. The van der Waals surface area contributed by atoms with Gasteiger partial charge in [0.2, 0.25) is 0 Å². The lowest BCUT2D eigenvalue weighted by molar-refractivity contribution is -0.385. The molecule has 0 aromatic heterocycles. The highest BCUT2D eigenvalue weighted by Crippen LogP contribution is 2.27. The number of nitrogens with one attached hydrogen (secondary N) is 1. The fourth-order valence-corrected chi connectivity index (χ4v) is 1.97. The predicted molar refractivity (Wildman–Crippen MR) is 92.1 cm³/mol. The molecule has 130 valence electrons. The lowest BCUT2D eigenvalue weighted by Gasteiger charge is -2.06. The highest BCUT2D eigenvalue weighted by molar-refractivity contribution is 5.83. The van der Waals surface area contributed by atoms with Crippen LogP contribution >= 0.6 is 0 Å². The van der Waals surface area contributed by atoms with Gasteiger partial charge in [0.1, 0.15) is 5.75 Å². The van der Waals surface area contributed by atoms with E-state index in [1.54, 1.807) is 44.4 Å². The number of rotatable bonds is 7. The van der Waals surface area contributed by atoms with Gasteiger partial charge in [-0.05, 0) is 36.2 Å². The zero-order valence-corrected chi connectivity index (χ0v) is 13.8. The standard InChI is InChI=1S/C17H17N3O5/c1-12-6-7-16(15(8-12)20(22)23)25-11-17(21)19-18-10-13-4-3-5-14(9-13)24-2/h3-10H,11H2,1-2H3,(H,19,21)/b18-10+. The summed E-state index contributed by atoms with van der Waals surface area (Å²) in [6.45, 7) is 1.34. The van der Waals surface area contributed by atoms with Crippen LogP contribution in [0.2, 0.25) is 0 Å². The van der Waals surface area contributed by atoms with E-state index in [1.807, 2.05) is 0 Å². The van der Waals surface area contributed by atoms with E-state index < -0.39 is 10.8 Å². The molecular formula is C17H17N3O5. The summed E-state index contributed by atoms with van der Waals surface area (Å²) in [6, 6.07) is 11.6. The number of carbonyl (C=O) groups is 1. The molecular weight excluding hydrogens is 326 g/mol. The maximum Gasteiger partial charge on any atom is 0.311 e. The molecule has 0 unspecified atom stereocenters. The van der Waals surface area contributed by atoms with Gasteiger partial charge in [-0.25, -0.2) is 5.43 Å². The molecule has 0 aliphatic carbocycles. The minimum Gasteiger partial charge on any atom is -0.497 e. The van der Waals surface area contributed by atoms with Crippen molar-refractivity contribution in [2.24, 2.45) is 5.10 Å². The number of amides is 1. The molecule has 0 saturated carbocycles. The van der Waals surface area contributed by atoms with Gasteiger partial charge in [-0.3, -0.25) is 14.9 Å². The van der Waals surface area contributed by atoms with Crippen LogP contribution in [0, 0.1) is 17.0 Å². The van der Waals surface area contributed by atoms with Crippen molar-refractivity contribution in [1.29, 1.82) is 0 Å². The smallest absolute Gasteiger partial charge is 0.311 e. The summed E-state index contributed by atoms with van der Waals surface area (Å²) >= 11 is 0. The Bertz CT molecular complexity index is 805. The van der Waals surface area contributed by atoms with Gasteiger partial charge in [0.05, 0.1) is 18.2 Å². The number of carbonyl (C=O) groups excluding carboxylic acids is 1. The summed E-state index contributed by atoms with van der Waals surface area (Å²) in [5.74, 6) is 0.168. The Kier molecular flexibility index (Phi) is 6.05. The van der Waals surface area contributed by atoms with Crippen LogP contribution in [0.1, 0.15) is 11.1 Å². The Morgan fingerprint density at radius 1 is 1.32 bits per heavy atom. The average molecular weight is 343 g/mol. The fourth-order valence-electron chi connectivity index (χ4n) is 1.97. The molecule has 1 N–H and O–H groups in total. The molecule has 0 radical (unpaired) electrons. The lowest BCUT2D eigenvalue weighted by atomic mass is 10.2. The van der Waals surface area contributed by atoms with Crippen LogP contribution in [0.15, 0.2) is 47.6 Å². The zero-order chi connectivity index (χ0) is 18.2. The normalized spacial score (nSPS) is 10.5. The third-order valence-electron chi connectivity index (χ3n) is 3.17. The second-order valence-corrected chi connectivity index (χ2v) is 5.09. The van der Waals surface area contributed by atoms with Gasteiger partial charge in [-0.2, -0.15) is 5.10 Å². The number of nitro groups is 1. The maximum atomic E-state index is 11.7. The second-order valence-electron chi connectivity index (χ2n) is 5.09. The third kappa shape index (κ3) is 5.31. The van der Waals surface area contributed by atoms with E-state index in [0.717, 1.165) is 11.1 Å². The molecule has 8 nitrogen and oxygen atoms in total. The number of hydrogen-bond acceptors (Lipinski definition) is 6. The van der Waals surface area contributed by atoms with Gasteiger partial charge in [0, 0.05) is 6.07 Å². The minimum absolute atomic E-state index is 0.0301. The van der Waals surface area contributed by atoms with Crippen LogP contribution in [0.4, 0.5) is 5.69 Å². The Morgan fingerprint density at radius 3 is 2.84 bits per heavy atom. The summed E-state index contributed by atoms with van der Waals surface area (Å²) in [4.78, 5) is 22.2. The second kappa shape index (κ2) is 8.44. The number of ether oxygens (including phenoxy) is 2. The highest BCUT2D eigenvalue weighted by Gasteiger charge is 2.16. The topological polar surface area (TPSA) is 103 Å². The lowest BCUT2D eigenvalue weighted by Crippen LogP contribution is -2.24. The largest absolute Gasteiger partial charge is 0.497 e. The summed E-state index contributed by atoms with van der Waals surface area (Å²) in [5.41, 5.74) is 3.58. The van der Waals surface area contributed by atoms with Crippen LogP contribution in [0.5, 0.6) is 11.5 Å². The van der Waals surface area contributed by atoms with Gasteiger partial charge >= 0.3 is 5.69 Å². The molecule has 2 aromatic carbocycles. The van der Waals surface area contributed by atoms with Crippen molar-refractivity contribution in [2.75, 3.05) is 13.7 Å². The van der Waals surface area contributed by atoms with Crippen LogP contribution in [-0.4, -0.2) is 30.8 Å². The first kappa shape index (κ1) is 17.9. The molecule has 0 fully saturated rings. The van der Waals surface area contributed by atoms with Crippen molar-refractivity contribution in [3.8, 4) is 11.5 Å². The molecule has 0 aliphatic heterocycles. The molecule has 0 atom stereocenters. The molecule has 0 saturated heterocycles. The molecule has 8 heteroatoms. The molecule has 25 heavy (non-hydrogen) atoms. The molecule has 2 rings (SSSR count). The molecule has 0 aliphatic rings. The Labute approximate surface area is 144 Å². The van der Waals surface area contributed by atoms with E-state index in [4.69, 9.17) is 9.47 Å². The van der Waals surface area contributed by atoms with Crippen LogP contribution in [0.25, 0.3) is 0 Å². The Hall–Kier alpha value is -3.42. The molecule has 0 bridgehead atoms. The van der Waals surface area contributed by atoms with E-state index in [9.17, 15) is 14.9 Å². The Morgan fingerprint density at radius 2 is 2.12 bits per heavy atom. The van der Waals surface area contributed by atoms with Crippen molar-refractivity contribution in [3.63, 3.8) is 0 Å². The van der Waals surface area contributed by atoms with Crippen molar-refractivity contribution in [2.45, 2.75) is 6.92 Å². The minimum atomic E-state index is -0.554. The zero-order valence-electron chi connectivity index (χ0n) is 13.8. The summed E-state index contributed by atoms with van der Waals surface area (Å²) in [6.07, 6.45) is 1.45. The van der Waals surface area contributed by atoms with E-state index in [-0.39, 0.29) is 18.0 Å². The predicted octanol–water partition coefficient (Wildman–Crippen LogP) is 2.44. The van der Waals surface area contributed by atoms with Crippen LogP contribution in [0.3, 0.4) is 0 Å². The van der Waals surface area contributed by atoms with Crippen LogP contribution < -0.4 is 14.9 Å². The SMILES string of the molecule is COc1cccc(/C=N/NC(=O)COc2ccc(C)cc2[N+](=O)[O-])c1. The molecule has 1 amide bonds. The number of nitro benzene ring substituents is 1. The van der Waals surface area contributed by atoms with Gasteiger partial charge in [0.15, 0.2) is 12.4 Å². The van der Waals surface area contributed by atoms with Crippen molar-refractivity contribution in [3.05, 3.63) is 63.7 Å². The molecule has 0 heterocycles. The average Bonchev–Trinajstić information content (AvgIpc) is 2.60. The van der Waals surface area contributed by atoms with Gasteiger partial charge in [0.25, 0.3) is 5.91 Å². The number of hydrazone groups is 1. The van der Waals surface area contributed by atoms with Gasteiger partial charge < -0.3 is 9.47 Å². The van der Waals surface area contributed by atoms with E-state index >= 15 is 0 Å². The first-order chi connectivity index (χ1) is 12.0. The number of benzene rings is 2. The number of methoxy groups -OCH3 is 1. The summed E-state index contributed by atoms with van der Waals surface area (Å²) in [7, 11) is 1.56. The number of nitrogens with zero attached hydrogens (tertiary/aromatic N) is 2. The third-order valence-corrected chi connectivity index (χ3v) is 3.17. The summed E-state index contributed by atoms with van der Waals surface area (Å²) in [5, 5.41) is 14.8. The quantitative estimate of drug-likeness (QED) is 0.472. The molecule has 0 spiro atoms. The Balaban J connectivity index is 1.91. The van der Waals surface area contributed by atoms with E-state index in [2.05, 4.69) is 10.5 Å². The maximum absolute atomic E-state index is 11.7. The number of aryl methyl sites for hydroxylation is 1. The fraction of sp³-hybridized carbons (Fsp3) is 0.176. The van der Waals surface area contributed by atoms with E-state index in [0.29, 0.717) is 5.75 Å². The number of hydrogen-bond donors (Lipinski definition) is 1. The highest BCUT2D eigenvalue weighted by atomic mass is 16.6. The van der Waals surface area contributed by atoms with E-state index in [1.165, 1.54) is 18.3 Å². The van der Waals surface area contributed by atoms with Crippen molar-refractivity contribution < 1.29 is 19.2 Å². The van der Waals surface area contributed by atoms with Crippen LogP contribution in [-0.2, 0) is 4.79 Å². The van der Waals surface area contributed by atoms with Crippen molar-refractivity contribution in [1.82, 2.24) is 5.43 Å².